The summed E-state index contributed by atoms with van der Waals surface area (Å²) in [7, 11) is -3.68. The van der Waals surface area contributed by atoms with E-state index in [1.54, 1.807) is 24.3 Å². The van der Waals surface area contributed by atoms with E-state index in [0.717, 1.165) is 5.56 Å². The van der Waals surface area contributed by atoms with Gasteiger partial charge in [0.25, 0.3) is 0 Å². The molecular formula is C15H19NO4S. The van der Waals surface area contributed by atoms with Crippen LogP contribution in [0.25, 0.3) is 0 Å². The minimum Gasteiger partial charge on any atom is -0.460 e. The molecule has 114 valence electrons. The van der Waals surface area contributed by atoms with Crippen molar-refractivity contribution in [3.05, 3.63) is 29.8 Å². The number of ether oxygens (including phenoxy) is 1. The Balaban J connectivity index is 2.03. The Hall–Kier alpha value is -1.40. The molecule has 2 atom stereocenters. The first-order chi connectivity index (χ1) is 9.72. The third kappa shape index (κ3) is 2.26. The monoisotopic (exact) mass is 309 g/mol. The Labute approximate surface area is 124 Å². The molecule has 3 aliphatic rings. The summed E-state index contributed by atoms with van der Waals surface area (Å²) in [5, 5.41) is 0. The Morgan fingerprint density at radius 1 is 1.24 bits per heavy atom. The highest BCUT2D eigenvalue weighted by Gasteiger charge is 2.56. The number of morpholine rings is 1. The lowest BCUT2D eigenvalue weighted by Gasteiger charge is -2.51. The molecule has 2 bridgehead atoms. The van der Waals surface area contributed by atoms with Crippen LogP contribution < -0.4 is 0 Å². The number of hydrogen-bond donors (Lipinski definition) is 0. The predicted molar refractivity (Wildman–Crippen MR) is 77.1 cm³/mol. The second-order valence-electron chi connectivity index (χ2n) is 6.54. The number of benzene rings is 1. The Morgan fingerprint density at radius 3 is 2.38 bits per heavy atom. The second kappa shape index (κ2) is 4.55. The van der Waals surface area contributed by atoms with Crippen LogP contribution in [-0.2, 0) is 19.6 Å². The summed E-state index contributed by atoms with van der Waals surface area (Å²) < 4.78 is 32.3. The molecule has 0 amide bonds. The first-order valence-electron chi connectivity index (χ1n) is 7.01. The average molecular weight is 309 g/mol. The van der Waals surface area contributed by atoms with Crippen LogP contribution in [0.2, 0.25) is 0 Å². The summed E-state index contributed by atoms with van der Waals surface area (Å²) in [5.74, 6) is -0.432. The molecule has 0 N–H and O–H groups in total. The molecule has 21 heavy (non-hydrogen) atoms. The molecule has 3 aliphatic heterocycles. The normalized spacial score (nSPS) is 28.4. The van der Waals surface area contributed by atoms with Gasteiger partial charge in [-0.2, -0.15) is 4.31 Å². The number of rotatable bonds is 2. The van der Waals surface area contributed by atoms with Crippen LogP contribution >= 0.6 is 0 Å². The van der Waals surface area contributed by atoms with Gasteiger partial charge < -0.3 is 4.74 Å². The van der Waals surface area contributed by atoms with E-state index in [0.29, 0.717) is 6.42 Å². The summed E-state index contributed by atoms with van der Waals surface area (Å²) in [6.45, 7) is 5.99. The van der Waals surface area contributed by atoms with Crippen molar-refractivity contribution in [2.24, 2.45) is 5.41 Å². The van der Waals surface area contributed by atoms with Crippen molar-refractivity contribution >= 4 is 16.0 Å². The highest BCUT2D eigenvalue weighted by Crippen LogP contribution is 2.43. The van der Waals surface area contributed by atoms with Crippen LogP contribution in [0, 0.1) is 12.3 Å². The number of carbonyl (C=O) groups excluding carboxylic acids is 1. The van der Waals surface area contributed by atoms with Crippen molar-refractivity contribution in [1.82, 2.24) is 4.31 Å². The number of piperidine rings is 1. The van der Waals surface area contributed by atoms with Gasteiger partial charge >= 0.3 is 5.97 Å². The number of aryl methyl sites for hydroxylation is 1. The Kier molecular flexibility index (Phi) is 3.15. The van der Waals surface area contributed by atoms with Crippen molar-refractivity contribution in [2.75, 3.05) is 6.54 Å². The maximum Gasteiger partial charge on any atom is 0.325 e. The van der Waals surface area contributed by atoms with Gasteiger partial charge in [0.1, 0.15) is 12.1 Å². The summed E-state index contributed by atoms with van der Waals surface area (Å²) in [4.78, 5) is 12.3. The van der Waals surface area contributed by atoms with Crippen LogP contribution in [0.15, 0.2) is 29.2 Å². The van der Waals surface area contributed by atoms with Crippen molar-refractivity contribution in [3.8, 4) is 0 Å². The van der Waals surface area contributed by atoms with Crippen LogP contribution in [-0.4, -0.2) is 37.4 Å². The van der Waals surface area contributed by atoms with Gasteiger partial charge in [-0.25, -0.2) is 8.42 Å². The minimum atomic E-state index is -3.68. The van der Waals surface area contributed by atoms with Crippen molar-refractivity contribution in [1.29, 1.82) is 0 Å². The smallest absolute Gasteiger partial charge is 0.325 e. The van der Waals surface area contributed by atoms with Crippen molar-refractivity contribution in [3.63, 3.8) is 0 Å². The van der Waals surface area contributed by atoms with Crippen LogP contribution in [0.3, 0.4) is 0 Å². The van der Waals surface area contributed by atoms with E-state index in [1.807, 2.05) is 20.8 Å². The number of esters is 1. The first-order valence-corrected chi connectivity index (χ1v) is 8.45. The van der Waals surface area contributed by atoms with E-state index in [-0.39, 0.29) is 17.5 Å². The fraction of sp³-hybridized carbons (Fsp3) is 0.533. The van der Waals surface area contributed by atoms with Gasteiger partial charge in [-0.1, -0.05) is 31.5 Å². The van der Waals surface area contributed by atoms with Gasteiger partial charge in [0.15, 0.2) is 0 Å². The summed E-state index contributed by atoms with van der Waals surface area (Å²) in [5.41, 5.74) is 0.588. The highest BCUT2D eigenvalue weighted by molar-refractivity contribution is 7.89. The molecule has 0 aliphatic carbocycles. The average Bonchev–Trinajstić information content (AvgIpc) is 2.36. The standard InChI is InChI=1S/C15H19NO4S/c1-10-4-6-12(7-5-10)21(18,19)16-9-11-8-15(2,3)13(16)14(17)20-11/h4-7,11,13H,8-9H2,1-3H3. The third-order valence-corrected chi connectivity index (χ3v) is 6.14. The summed E-state index contributed by atoms with van der Waals surface area (Å²) >= 11 is 0. The van der Waals surface area contributed by atoms with E-state index in [1.165, 1.54) is 4.31 Å². The van der Waals surface area contributed by atoms with Gasteiger partial charge in [-0.15, -0.1) is 0 Å². The number of fused-ring (bicyclic) bond motifs is 3. The molecule has 2 unspecified atom stereocenters. The van der Waals surface area contributed by atoms with Gasteiger partial charge in [-0.3, -0.25) is 4.79 Å². The molecule has 3 heterocycles. The molecule has 1 aromatic carbocycles. The molecule has 0 radical (unpaired) electrons. The fourth-order valence-corrected chi connectivity index (χ4v) is 5.05. The molecule has 1 aromatic rings. The molecule has 4 rings (SSSR count). The van der Waals surface area contributed by atoms with Gasteiger partial charge in [-0.05, 0) is 30.9 Å². The summed E-state index contributed by atoms with van der Waals surface area (Å²) in [6, 6.07) is 5.96. The largest absolute Gasteiger partial charge is 0.460 e. The topological polar surface area (TPSA) is 63.7 Å². The zero-order chi connectivity index (χ0) is 15.4. The molecule has 5 nitrogen and oxygen atoms in total. The lowest BCUT2D eigenvalue weighted by Crippen LogP contribution is -2.66. The van der Waals surface area contributed by atoms with E-state index < -0.39 is 27.4 Å². The lowest BCUT2D eigenvalue weighted by molar-refractivity contribution is -0.183. The molecule has 3 saturated heterocycles. The minimum absolute atomic E-state index is 0.226. The first kappa shape index (κ1) is 14.5. The van der Waals surface area contributed by atoms with Gasteiger partial charge in [0.2, 0.25) is 10.0 Å². The fourth-order valence-electron chi connectivity index (χ4n) is 3.29. The number of carbonyl (C=O) groups is 1. The quantitative estimate of drug-likeness (QED) is 0.780. The van der Waals surface area contributed by atoms with Crippen LogP contribution in [0.4, 0.5) is 0 Å². The van der Waals surface area contributed by atoms with E-state index in [4.69, 9.17) is 4.74 Å². The predicted octanol–water partition coefficient (Wildman–Crippen LogP) is 1.71. The Morgan fingerprint density at radius 2 is 1.86 bits per heavy atom. The highest BCUT2D eigenvalue weighted by atomic mass is 32.2. The second-order valence-corrected chi connectivity index (χ2v) is 8.43. The number of hydrogen-bond acceptors (Lipinski definition) is 4. The van der Waals surface area contributed by atoms with E-state index in [9.17, 15) is 13.2 Å². The third-order valence-electron chi connectivity index (χ3n) is 4.30. The van der Waals surface area contributed by atoms with Gasteiger partial charge in [0.05, 0.1) is 11.4 Å². The maximum atomic E-state index is 12.8. The molecule has 3 fully saturated rings. The zero-order valence-electron chi connectivity index (χ0n) is 12.4. The molecule has 6 heteroatoms. The van der Waals surface area contributed by atoms with E-state index in [2.05, 4.69) is 0 Å². The van der Waals surface area contributed by atoms with Gasteiger partial charge in [0, 0.05) is 0 Å². The number of sulfonamides is 1. The lowest BCUT2D eigenvalue weighted by atomic mass is 9.74. The van der Waals surface area contributed by atoms with Crippen molar-refractivity contribution < 1.29 is 17.9 Å². The Bertz CT molecular complexity index is 678. The SMILES string of the molecule is Cc1ccc(S(=O)(=O)N2CC3CC(C)(C)C2C(=O)O3)cc1. The molecule has 0 spiro atoms. The van der Waals surface area contributed by atoms with E-state index >= 15 is 0 Å². The number of nitrogens with zero attached hydrogens (tertiary/aromatic N) is 1. The maximum absolute atomic E-state index is 12.8. The molecule has 0 aromatic heterocycles. The molecular weight excluding hydrogens is 290 g/mol. The zero-order valence-corrected chi connectivity index (χ0v) is 13.2. The summed E-state index contributed by atoms with van der Waals surface area (Å²) in [6.07, 6.45) is 0.348. The van der Waals surface area contributed by atoms with Crippen LogP contribution in [0.1, 0.15) is 25.8 Å². The molecule has 0 saturated carbocycles. The van der Waals surface area contributed by atoms with Crippen LogP contribution in [0.5, 0.6) is 0 Å². The van der Waals surface area contributed by atoms with Crippen molar-refractivity contribution in [2.45, 2.75) is 44.2 Å².